The molecule has 0 atom stereocenters. The number of nitriles is 1. The maximum absolute atomic E-state index is 8.42. The van der Waals surface area contributed by atoms with Gasteiger partial charge in [-0.05, 0) is 0 Å². The molecule has 0 saturated heterocycles. The SMILES string of the molecule is CC#N.[Na+].[Na+].[Na+].[Na+].[Na+].[Na+].[Na+].[Na+].[Na+].[Na+].[Na+].[Na+].[O-]B([O-])[O-].[O-]B([O-])[O-].[O-]B([O-])[O-].[O-]B([O-])[O-]. The topological polar surface area (TPSA) is 301 Å². The van der Waals surface area contributed by atoms with E-state index in [0.29, 0.717) is 0 Å². The zero-order valence-electron chi connectivity index (χ0n) is 21.2. The van der Waals surface area contributed by atoms with Gasteiger partial charge in [0.1, 0.15) is 0 Å². The number of hydrogen-bond donors (Lipinski definition) is 0. The molecule has 0 aliphatic rings. The molecule has 0 radical (unpaired) electrons. The van der Waals surface area contributed by atoms with E-state index >= 15 is 0 Å². The summed E-state index contributed by atoms with van der Waals surface area (Å²) in [5, 5.41) is 108. The van der Waals surface area contributed by atoms with E-state index < -0.39 is 29.3 Å². The van der Waals surface area contributed by atoms with Crippen LogP contribution in [0.2, 0.25) is 0 Å². The first-order chi connectivity index (χ1) is 8.34. The third kappa shape index (κ3) is 501. The van der Waals surface area contributed by atoms with E-state index in [9.17, 15) is 0 Å². The standard InChI is InChI=1S/C2H3N.4BO3.12Na/c1-2-3;4*2-1(3)4;;;;;;;;;;;;/h1H3;;;;;;;;;;;;;;;;/q;4*-3;12*+1. The first-order valence-corrected chi connectivity index (χ1v) is 3.55. The van der Waals surface area contributed by atoms with Crippen LogP contribution in [-0.4, -0.2) is 29.3 Å². The Morgan fingerprint density at radius 2 is 0.355 bits per heavy atom. The van der Waals surface area contributed by atoms with Crippen molar-refractivity contribution in [2.45, 2.75) is 6.92 Å². The van der Waals surface area contributed by atoms with Crippen molar-refractivity contribution < 1.29 is 415 Å². The molecule has 112 valence electrons. The summed E-state index contributed by atoms with van der Waals surface area (Å²) in [4.78, 5) is 0. The quantitative estimate of drug-likeness (QED) is 0.252. The van der Waals surface area contributed by atoms with Gasteiger partial charge in [0.15, 0.2) is 0 Å². The van der Waals surface area contributed by atoms with E-state index in [1.165, 1.54) is 6.92 Å². The van der Waals surface area contributed by atoms with Crippen molar-refractivity contribution in [1.82, 2.24) is 0 Å². The van der Waals surface area contributed by atoms with Gasteiger partial charge in [-0.2, -0.15) is 5.26 Å². The molecule has 0 spiro atoms. The average molecular weight is 552 g/mol. The van der Waals surface area contributed by atoms with Crippen molar-refractivity contribution >= 4 is 29.3 Å². The van der Waals surface area contributed by atoms with Crippen molar-refractivity contribution in [3.63, 3.8) is 0 Å². The van der Waals surface area contributed by atoms with Gasteiger partial charge in [-0.15, -0.1) is 0 Å². The van der Waals surface area contributed by atoms with Crippen LogP contribution in [0.4, 0.5) is 0 Å². The molecule has 31 heavy (non-hydrogen) atoms. The Balaban J connectivity index is -0.00000000481. The molecule has 0 unspecified atom stereocenters. The van der Waals surface area contributed by atoms with Crippen LogP contribution >= 0.6 is 0 Å². The van der Waals surface area contributed by atoms with E-state index in [1.54, 1.807) is 6.07 Å². The molecular weight excluding hydrogens is 549 g/mol. The van der Waals surface area contributed by atoms with Gasteiger partial charge in [0.05, 0.1) is 6.07 Å². The minimum atomic E-state index is -2.92. The maximum atomic E-state index is 8.42. The fourth-order valence-corrected chi connectivity index (χ4v) is 0. The molecule has 0 bridgehead atoms. The van der Waals surface area contributed by atoms with E-state index in [0.717, 1.165) is 0 Å². The minimum Gasteiger partial charge on any atom is -0.907 e. The van der Waals surface area contributed by atoms with E-state index in [1.807, 2.05) is 0 Å². The fraction of sp³-hybridized carbons (Fsp3) is 0.500. The zero-order valence-corrected chi connectivity index (χ0v) is 45.2. The van der Waals surface area contributed by atoms with Crippen LogP contribution in [0.1, 0.15) is 6.92 Å². The zero-order chi connectivity index (χ0) is 17.0. The second-order valence-corrected chi connectivity index (χ2v) is 1.38. The monoisotopic (exact) mass is 553 g/mol. The molecule has 0 saturated carbocycles. The average Bonchev–Trinajstić information content (AvgIpc) is 1.97. The van der Waals surface area contributed by atoms with Gasteiger partial charge in [0.2, 0.25) is 0 Å². The molecule has 0 aromatic heterocycles. The molecule has 0 aromatic rings. The van der Waals surface area contributed by atoms with Crippen LogP contribution in [0.15, 0.2) is 0 Å². The van der Waals surface area contributed by atoms with Gasteiger partial charge < -0.3 is 60.3 Å². The van der Waals surface area contributed by atoms with Gasteiger partial charge in [-0.25, -0.2) is 0 Å². The maximum Gasteiger partial charge on any atom is 1.00 e. The summed E-state index contributed by atoms with van der Waals surface area (Å²) in [6.07, 6.45) is 0. The van der Waals surface area contributed by atoms with E-state index in [-0.39, 0.29) is 355 Å². The van der Waals surface area contributed by atoms with Gasteiger partial charge >= 0.3 is 355 Å². The Morgan fingerprint density at radius 3 is 0.355 bits per heavy atom. The minimum absolute atomic E-state index is 0. The van der Waals surface area contributed by atoms with Crippen LogP contribution in [0.3, 0.4) is 0 Å². The molecule has 0 rings (SSSR count). The molecule has 13 nitrogen and oxygen atoms in total. The fourth-order valence-electron chi connectivity index (χ4n) is 0. The number of nitrogens with zero attached hydrogens (tertiary/aromatic N) is 1. The Bertz CT molecular complexity index is 155. The van der Waals surface area contributed by atoms with Crippen molar-refractivity contribution in [1.29, 1.82) is 5.26 Å². The second kappa shape index (κ2) is 114. The summed E-state index contributed by atoms with van der Waals surface area (Å²) in [7, 11) is -11.7. The van der Waals surface area contributed by atoms with Crippen molar-refractivity contribution in [3.05, 3.63) is 0 Å². The molecule has 0 aliphatic carbocycles. The van der Waals surface area contributed by atoms with E-state index in [2.05, 4.69) is 0 Å². The van der Waals surface area contributed by atoms with Gasteiger partial charge in [0, 0.05) is 6.92 Å². The third-order valence-corrected chi connectivity index (χ3v) is 0. The van der Waals surface area contributed by atoms with Crippen LogP contribution in [0.5, 0.6) is 0 Å². The molecule has 29 heteroatoms. The van der Waals surface area contributed by atoms with Gasteiger partial charge in [-0.1, -0.05) is 0 Å². The largest absolute Gasteiger partial charge is 1.00 e. The van der Waals surface area contributed by atoms with Gasteiger partial charge in [-0.3, -0.25) is 29.3 Å². The molecule has 0 aromatic carbocycles. The number of hydrogen-bond acceptors (Lipinski definition) is 13. The van der Waals surface area contributed by atoms with Crippen molar-refractivity contribution in [2.24, 2.45) is 0 Å². The summed E-state index contributed by atoms with van der Waals surface area (Å²) in [5.74, 6) is 0. The Kier molecular flexibility index (Phi) is 413. The normalized spacial score (nSPS) is 3.74. The van der Waals surface area contributed by atoms with E-state index in [4.69, 9.17) is 65.6 Å². The molecule has 0 fully saturated rings. The summed E-state index contributed by atoms with van der Waals surface area (Å²) in [6, 6.07) is 1.75. The van der Waals surface area contributed by atoms with Crippen LogP contribution in [-0.2, 0) is 0 Å². The second-order valence-electron chi connectivity index (χ2n) is 1.38. The molecule has 0 N–H and O–H groups in total. The van der Waals surface area contributed by atoms with Crippen molar-refractivity contribution in [2.75, 3.05) is 0 Å². The summed E-state index contributed by atoms with van der Waals surface area (Å²) < 4.78 is 0. The van der Waals surface area contributed by atoms with Crippen LogP contribution in [0, 0.1) is 11.3 Å². The Hall–Kier alpha value is 11.3. The molecule has 0 heterocycles. The first-order valence-electron chi connectivity index (χ1n) is 3.55. The summed E-state index contributed by atoms with van der Waals surface area (Å²) >= 11 is 0. The van der Waals surface area contributed by atoms with Crippen LogP contribution < -0.4 is 415 Å². The van der Waals surface area contributed by atoms with Crippen LogP contribution in [0.25, 0.3) is 0 Å². The smallest absolute Gasteiger partial charge is 0.907 e. The summed E-state index contributed by atoms with van der Waals surface area (Å²) in [6.45, 7) is 1.43. The molecule has 0 amide bonds. The summed E-state index contributed by atoms with van der Waals surface area (Å²) in [5.41, 5.74) is 0. The number of rotatable bonds is 0. The van der Waals surface area contributed by atoms with Gasteiger partial charge in [0.25, 0.3) is 0 Å². The third-order valence-electron chi connectivity index (χ3n) is 0. The predicted molar refractivity (Wildman–Crippen MR) is 34.3 cm³/mol. The molecule has 0 aliphatic heterocycles. The Morgan fingerprint density at radius 1 is 0.355 bits per heavy atom. The first kappa shape index (κ1) is 113. The molecular formula is C2H3B4NNa12O12. The Labute approximate surface area is 450 Å². The van der Waals surface area contributed by atoms with Crippen molar-refractivity contribution in [3.8, 4) is 6.07 Å². The predicted octanol–water partition coefficient (Wildman–Crippen LogP) is -51.2.